The quantitative estimate of drug-likeness (QED) is 0.816. The minimum atomic E-state index is -1.09. The molecule has 1 atom stereocenters. The number of benzene rings is 2. The Morgan fingerprint density at radius 2 is 1.67 bits per heavy atom. The summed E-state index contributed by atoms with van der Waals surface area (Å²) in [5, 5.41) is 2.51. The maximum absolute atomic E-state index is 12.9. The minimum Gasteiger partial charge on any atom is -0.457 e. The fraction of sp³-hybridized carbons (Fsp3) is 0.211. The Hall–Kier alpha value is -3.42. The van der Waals surface area contributed by atoms with E-state index in [2.05, 4.69) is 5.32 Å². The van der Waals surface area contributed by atoms with E-state index in [1.807, 2.05) is 0 Å². The summed E-state index contributed by atoms with van der Waals surface area (Å²) in [6, 6.07) is 11.1. The molecule has 27 heavy (non-hydrogen) atoms. The number of amides is 3. The molecular weight excluding hydrogens is 355 g/mol. The van der Waals surface area contributed by atoms with Gasteiger partial charge in [-0.2, -0.15) is 0 Å². The van der Waals surface area contributed by atoms with E-state index in [-0.39, 0.29) is 17.9 Å². The zero-order valence-electron chi connectivity index (χ0n) is 14.5. The summed E-state index contributed by atoms with van der Waals surface area (Å²) in [6.07, 6.45) is -1.09. The van der Waals surface area contributed by atoms with Gasteiger partial charge in [0.1, 0.15) is 17.3 Å². The van der Waals surface area contributed by atoms with Crippen LogP contribution in [0, 0.1) is 5.82 Å². The van der Waals surface area contributed by atoms with E-state index in [4.69, 9.17) is 9.47 Å². The van der Waals surface area contributed by atoms with Crippen molar-refractivity contribution in [1.82, 2.24) is 10.2 Å². The van der Waals surface area contributed by atoms with Crippen molar-refractivity contribution in [2.75, 3.05) is 13.1 Å². The van der Waals surface area contributed by atoms with Crippen LogP contribution in [0.15, 0.2) is 48.5 Å². The molecule has 2 aromatic rings. The van der Waals surface area contributed by atoms with Gasteiger partial charge in [0.15, 0.2) is 6.10 Å². The lowest BCUT2D eigenvalue weighted by atomic mass is 10.2. The number of carbonyl (C=O) groups excluding carboxylic acids is 3. The van der Waals surface area contributed by atoms with Gasteiger partial charge in [-0.15, -0.1) is 0 Å². The van der Waals surface area contributed by atoms with Gasteiger partial charge in [-0.3, -0.25) is 9.69 Å². The van der Waals surface area contributed by atoms with E-state index in [0.29, 0.717) is 18.0 Å². The third kappa shape index (κ3) is 4.41. The van der Waals surface area contributed by atoms with Crippen LogP contribution >= 0.6 is 0 Å². The van der Waals surface area contributed by atoms with Gasteiger partial charge in [0.2, 0.25) is 0 Å². The van der Waals surface area contributed by atoms with Crippen LogP contribution in [0.1, 0.15) is 17.3 Å². The van der Waals surface area contributed by atoms with E-state index in [1.165, 1.54) is 43.3 Å². The van der Waals surface area contributed by atoms with Crippen molar-refractivity contribution < 1.29 is 28.2 Å². The number of nitrogens with zero attached hydrogens (tertiary/aromatic N) is 1. The molecule has 3 amide bonds. The predicted molar refractivity (Wildman–Crippen MR) is 92.9 cm³/mol. The Morgan fingerprint density at radius 1 is 1.07 bits per heavy atom. The van der Waals surface area contributed by atoms with Crippen molar-refractivity contribution in [3.05, 3.63) is 59.9 Å². The first kappa shape index (κ1) is 18.4. The molecule has 1 aliphatic rings. The molecule has 1 saturated heterocycles. The zero-order valence-corrected chi connectivity index (χ0v) is 14.5. The van der Waals surface area contributed by atoms with Crippen molar-refractivity contribution in [3.8, 4) is 11.5 Å². The number of imide groups is 1. The molecule has 7 nitrogen and oxygen atoms in total. The summed E-state index contributed by atoms with van der Waals surface area (Å²) < 4.78 is 23.6. The number of halogens is 1. The summed E-state index contributed by atoms with van der Waals surface area (Å²) in [7, 11) is 0. The van der Waals surface area contributed by atoms with Crippen LogP contribution < -0.4 is 10.1 Å². The number of hydrogen-bond acceptors (Lipinski definition) is 5. The molecule has 0 aliphatic carbocycles. The summed E-state index contributed by atoms with van der Waals surface area (Å²) >= 11 is 0. The van der Waals surface area contributed by atoms with Gasteiger partial charge >= 0.3 is 12.0 Å². The number of esters is 1. The maximum atomic E-state index is 12.9. The number of hydrogen-bond donors (Lipinski definition) is 1. The Labute approximate surface area is 154 Å². The van der Waals surface area contributed by atoms with E-state index >= 15 is 0 Å². The molecule has 140 valence electrons. The Balaban J connectivity index is 1.59. The van der Waals surface area contributed by atoms with Crippen LogP contribution in [-0.2, 0) is 9.53 Å². The second kappa shape index (κ2) is 7.86. The van der Waals surface area contributed by atoms with Crippen molar-refractivity contribution in [3.63, 3.8) is 0 Å². The molecule has 0 spiro atoms. The van der Waals surface area contributed by atoms with E-state index in [1.54, 1.807) is 12.1 Å². The Morgan fingerprint density at radius 3 is 2.22 bits per heavy atom. The number of nitrogens with one attached hydrogen (secondary N) is 1. The van der Waals surface area contributed by atoms with Gasteiger partial charge in [-0.25, -0.2) is 14.0 Å². The van der Waals surface area contributed by atoms with Crippen LogP contribution in [0.2, 0.25) is 0 Å². The predicted octanol–water partition coefficient (Wildman–Crippen LogP) is 2.72. The summed E-state index contributed by atoms with van der Waals surface area (Å²) in [6.45, 7) is 2.04. The third-order valence-corrected chi connectivity index (χ3v) is 3.89. The molecule has 3 rings (SSSR count). The molecule has 1 heterocycles. The smallest absolute Gasteiger partial charge is 0.338 e. The fourth-order valence-electron chi connectivity index (χ4n) is 2.48. The van der Waals surface area contributed by atoms with Gasteiger partial charge in [0.05, 0.1) is 5.56 Å². The minimum absolute atomic E-state index is 0.229. The molecule has 1 aliphatic heterocycles. The fourth-order valence-corrected chi connectivity index (χ4v) is 2.48. The Bertz CT molecular complexity index is 851. The van der Waals surface area contributed by atoms with Crippen LogP contribution in [0.4, 0.5) is 9.18 Å². The molecule has 0 aromatic heterocycles. The summed E-state index contributed by atoms with van der Waals surface area (Å²) in [5.41, 5.74) is 0.229. The molecule has 2 aromatic carbocycles. The molecular formula is C19H17FN2O5. The van der Waals surface area contributed by atoms with Gasteiger partial charge in [-0.1, -0.05) is 0 Å². The molecule has 0 saturated carbocycles. The van der Waals surface area contributed by atoms with Crippen molar-refractivity contribution in [1.29, 1.82) is 0 Å². The van der Waals surface area contributed by atoms with Gasteiger partial charge in [-0.05, 0) is 55.5 Å². The Kier molecular flexibility index (Phi) is 5.35. The van der Waals surface area contributed by atoms with Crippen molar-refractivity contribution in [2.45, 2.75) is 13.0 Å². The normalized spacial score (nSPS) is 14.4. The first-order chi connectivity index (χ1) is 12.9. The molecule has 0 unspecified atom stereocenters. The first-order valence-corrected chi connectivity index (χ1v) is 8.28. The van der Waals surface area contributed by atoms with Gasteiger partial charge in [0, 0.05) is 13.1 Å². The first-order valence-electron chi connectivity index (χ1n) is 8.28. The van der Waals surface area contributed by atoms with E-state index in [0.717, 1.165) is 4.90 Å². The molecule has 0 bridgehead atoms. The van der Waals surface area contributed by atoms with Crippen LogP contribution in [-0.4, -0.2) is 42.0 Å². The van der Waals surface area contributed by atoms with Crippen LogP contribution in [0.3, 0.4) is 0 Å². The molecule has 1 N–H and O–H groups in total. The SMILES string of the molecule is C[C@@H](OC(=O)c1ccc(Oc2ccc(F)cc2)cc1)C(=O)N1CCNC1=O. The highest BCUT2D eigenvalue weighted by Crippen LogP contribution is 2.22. The average molecular weight is 372 g/mol. The van der Waals surface area contributed by atoms with Gasteiger partial charge < -0.3 is 14.8 Å². The highest BCUT2D eigenvalue weighted by molar-refractivity contribution is 5.99. The van der Waals surface area contributed by atoms with Crippen molar-refractivity contribution in [2.24, 2.45) is 0 Å². The highest BCUT2D eigenvalue weighted by atomic mass is 19.1. The van der Waals surface area contributed by atoms with E-state index < -0.39 is 24.0 Å². The topological polar surface area (TPSA) is 84.9 Å². The van der Waals surface area contributed by atoms with Crippen LogP contribution in [0.5, 0.6) is 11.5 Å². The number of carbonyl (C=O) groups is 3. The lowest BCUT2D eigenvalue weighted by molar-refractivity contribution is -0.136. The highest BCUT2D eigenvalue weighted by Gasteiger charge is 2.31. The number of rotatable bonds is 5. The lowest BCUT2D eigenvalue weighted by Crippen LogP contribution is -2.41. The van der Waals surface area contributed by atoms with Gasteiger partial charge in [0.25, 0.3) is 5.91 Å². The largest absolute Gasteiger partial charge is 0.457 e. The van der Waals surface area contributed by atoms with Crippen molar-refractivity contribution >= 4 is 17.9 Å². The number of ether oxygens (including phenoxy) is 2. The van der Waals surface area contributed by atoms with E-state index in [9.17, 15) is 18.8 Å². The third-order valence-electron chi connectivity index (χ3n) is 3.89. The standard InChI is InChI=1S/C19H17FN2O5/c1-12(17(23)22-11-10-21-19(22)25)26-18(24)13-2-6-15(7-3-13)27-16-8-4-14(20)5-9-16/h2-9,12H,10-11H2,1H3,(H,21,25)/t12-/m1/s1. The zero-order chi connectivity index (χ0) is 19.4. The second-order valence-corrected chi connectivity index (χ2v) is 5.85. The summed E-state index contributed by atoms with van der Waals surface area (Å²) in [4.78, 5) is 36.8. The molecule has 1 fully saturated rings. The maximum Gasteiger partial charge on any atom is 0.338 e. The summed E-state index contributed by atoms with van der Waals surface area (Å²) in [5.74, 6) is -0.722. The average Bonchev–Trinajstić information content (AvgIpc) is 3.09. The monoisotopic (exact) mass is 372 g/mol. The lowest BCUT2D eigenvalue weighted by Gasteiger charge is -2.18. The molecule has 8 heteroatoms. The molecule has 0 radical (unpaired) electrons. The van der Waals surface area contributed by atoms with Crippen LogP contribution in [0.25, 0.3) is 0 Å². The second-order valence-electron chi connectivity index (χ2n) is 5.85. The number of urea groups is 1.